The Balaban J connectivity index is 2.01. The molecule has 3 aromatic rings. The van der Waals surface area contributed by atoms with E-state index < -0.39 is 0 Å². The molecule has 17 heavy (non-hydrogen) atoms. The lowest BCUT2D eigenvalue weighted by Gasteiger charge is -1.94. The zero-order valence-corrected chi connectivity index (χ0v) is 10.9. The van der Waals surface area contributed by atoms with Gasteiger partial charge in [0.25, 0.3) is 0 Å². The van der Waals surface area contributed by atoms with Gasteiger partial charge in [0.05, 0.1) is 5.51 Å². The molecule has 0 atom stereocenters. The van der Waals surface area contributed by atoms with Crippen LogP contribution in [0.5, 0.6) is 0 Å². The Labute approximate surface area is 109 Å². The number of rotatable bonds is 2. The van der Waals surface area contributed by atoms with Gasteiger partial charge in [-0.15, -0.1) is 11.3 Å². The van der Waals surface area contributed by atoms with Crippen molar-refractivity contribution in [1.29, 1.82) is 0 Å². The minimum absolute atomic E-state index is 0.586. The van der Waals surface area contributed by atoms with Crippen LogP contribution in [0.15, 0.2) is 33.7 Å². The summed E-state index contributed by atoms with van der Waals surface area (Å²) in [7, 11) is 0. The Hall–Kier alpha value is -1.60. The first-order chi connectivity index (χ1) is 8.33. The average Bonchev–Trinajstić information content (AvgIpc) is 3.00. The van der Waals surface area contributed by atoms with Crippen LogP contribution in [-0.2, 0) is 0 Å². The average molecular weight is 308 g/mol. The second-order valence-corrected chi connectivity index (χ2v) is 4.87. The maximum Gasteiger partial charge on any atom is 0.201 e. The van der Waals surface area contributed by atoms with Crippen LogP contribution >= 0.6 is 27.3 Å². The number of hydrogen-bond acceptors (Lipinski definition) is 5. The number of pyridine rings is 1. The van der Waals surface area contributed by atoms with Crippen molar-refractivity contribution >= 4 is 27.3 Å². The van der Waals surface area contributed by atoms with E-state index in [1.165, 1.54) is 11.3 Å². The highest BCUT2D eigenvalue weighted by atomic mass is 79.9. The first kappa shape index (κ1) is 10.5. The molecule has 1 N–H and O–H groups in total. The predicted octanol–water partition coefficient (Wildman–Crippen LogP) is 2.75. The summed E-state index contributed by atoms with van der Waals surface area (Å²) >= 11 is 4.91. The van der Waals surface area contributed by atoms with Gasteiger partial charge in [0.15, 0.2) is 5.82 Å². The predicted molar refractivity (Wildman–Crippen MR) is 68.4 cm³/mol. The lowest BCUT2D eigenvalue weighted by atomic mass is 10.3. The van der Waals surface area contributed by atoms with Gasteiger partial charge in [-0.3, -0.25) is 10.1 Å². The summed E-state index contributed by atoms with van der Waals surface area (Å²) in [6.45, 7) is 0. The molecule has 0 aliphatic carbocycles. The number of nitrogens with zero attached hydrogens (tertiary/aromatic N) is 4. The molecular weight excluding hydrogens is 302 g/mol. The molecule has 0 radical (unpaired) electrons. The molecule has 3 rings (SSSR count). The van der Waals surface area contributed by atoms with Crippen LogP contribution in [0.25, 0.3) is 23.0 Å². The van der Waals surface area contributed by atoms with Gasteiger partial charge in [0.2, 0.25) is 5.82 Å². The summed E-state index contributed by atoms with van der Waals surface area (Å²) in [5, 5.41) is 8.88. The molecule has 0 aromatic carbocycles. The van der Waals surface area contributed by atoms with Gasteiger partial charge in [-0.1, -0.05) is 15.9 Å². The Bertz CT molecular complexity index is 634. The highest BCUT2D eigenvalue weighted by molar-refractivity contribution is 9.10. The molecule has 0 saturated heterocycles. The number of H-pyrrole nitrogens is 1. The first-order valence-electron chi connectivity index (χ1n) is 4.76. The maximum atomic E-state index is 4.36. The number of halogens is 1. The third-order valence-electron chi connectivity index (χ3n) is 2.11. The fourth-order valence-corrected chi connectivity index (χ4v) is 2.21. The summed E-state index contributed by atoms with van der Waals surface area (Å²) in [5.74, 6) is 1.22. The highest BCUT2D eigenvalue weighted by Gasteiger charge is 2.09. The number of aromatic nitrogens is 5. The smallest absolute Gasteiger partial charge is 0.201 e. The molecule has 3 heterocycles. The molecular formula is C10H6BrN5S. The van der Waals surface area contributed by atoms with Gasteiger partial charge < -0.3 is 0 Å². The molecule has 0 fully saturated rings. The van der Waals surface area contributed by atoms with Crippen LogP contribution in [-0.4, -0.2) is 25.1 Å². The second kappa shape index (κ2) is 4.34. The van der Waals surface area contributed by atoms with Gasteiger partial charge in [0.1, 0.15) is 11.4 Å². The number of aromatic amines is 1. The van der Waals surface area contributed by atoms with Gasteiger partial charge in [-0.2, -0.15) is 5.10 Å². The van der Waals surface area contributed by atoms with Crippen LogP contribution in [0, 0.1) is 0 Å². The monoisotopic (exact) mass is 307 g/mol. The summed E-state index contributed by atoms with van der Waals surface area (Å²) in [4.78, 5) is 12.7. The minimum Gasteiger partial charge on any atom is -0.257 e. The van der Waals surface area contributed by atoms with Crippen LogP contribution in [0.2, 0.25) is 0 Å². The molecule has 0 saturated carbocycles. The van der Waals surface area contributed by atoms with Crippen molar-refractivity contribution in [2.24, 2.45) is 0 Å². The van der Waals surface area contributed by atoms with E-state index >= 15 is 0 Å². The van der Waals surface area contributed by atoms with Crippen LogP contribution in [0.4, 0.5) is 0 Å². The molecule has 3 aromatic heterocycles. The number of hydrogen-bond donors (Lipinski definition) is 1. The lowest BCUT2D eigenvalue weighted by Crippen LogP contribution is -1.85. The van der Waals surface area contributed by atoms with Crippen molar-refractivity contribution in [2.75, 3.05) is 0 Å². The quantitative estimate of drug-likeness (QED) is 0.790. The van der Waals surface area contributed by atoms with Gasteiger partial charge in [-0.25, -0.2) is 9.97 Å². The van der Waals surface area contributed by atoms with Crippen LogP contribution in [0.1, 0.15) is 0 Å². The molecule has 5 nitrogen and oxygen atoms in total. The van der Waals surface area contributed by atoms with E-state index in [4.69, 9.17) is 0 Å². The van der Waals surface area contributed by atoms with Gasteiger partial charge >= 0.3 is 0 Å². The Morgan fingerprint density at radius 1 is 1.24 bits per heavy atom. The largest absolute Gasteiger partial charge is 0.257 e. The zero-order chi connectivity index (χ0) is 11.7. The molecule has 7 heteroatoms. The first-order valence-corrected chi connectivity index (χ1v) is 6.49. The van der Waals surface area contributed by atoms with Gasteiger partial charge in [0, 0.05) is 16.0 Å². The number of thiazole rings is 1. The molecule has 0 aliphatic rings. The SMILES string of the molecule is Brc1ccnc(-c2nc(-c3cscn3)n[nH]2)c1. The van der Waals surface area contributed by atoms with Crippen molar-refractivity contribution in [3.8, 4) is 23.0 Å². The fraction of sp³-hybridized carbons (Fsp3) is 0. The van der Waals surface area contributed by atoms with E-state index in [1.54, 1.807) is 11.7 Å². The van der Waals surface area contributed by atoms with Crippen LogP contribution in [0.3, 0.4) is 0 Å². The Morgan fingerprint density at radius 2 is 2.18 bits per heavy atom. The van der Waals surface area contributed by atoms with E-state index in [2.05, 4.69) is 41.1 Å². The normalized spacial score (nSPS) is 10.6. The van der Waals surface area contributed by atoms with Crippen LogP contribution < -0.4 is 0 Å². The van der Waals surface area contributed by atoms with Gasteiger partial charge in [-0.05, 0) is 12.1 Å². The van der Waals surface area contributed by atoms with Crippen molar-refractivity contribution in [3.05, 3.63) is 33.7 Å². The molecule has 0 unspecified atom stereocenters. The Morgan fingerprint density at radius 3 is 2.94 bits per heavy atom. The second-order valence-electron chi connectivity index (χ2n) is 3.24. The lowest BCUT2D eigenvalue weighted by molar-refractivity contribution is 1.08. The van der Waals surface area contributed by atoms with E-state index in [0.29, 0.717) is 11.6 Å². The number of nitrogens with one attached hydrogen (secondary N) is 1. The minimum atomic E-state index is 0.586. The topological polar surface area (TPSA) is 67.3 Å². The fourth-order valence-electron chi connectivity index (χ4n) is 1.35. The highest BCUT2D eigenvalue weighted by Crippen LogP contribution is 2.20. The molecule has 84 valence electrons. The van der Waals surface area contributed by atoms with E-state index in [9.17, 15) is 0 Å². The molecule has 0 aliphatic heterocycles. The Kier molecular flexibility index (Phi) is 2.69. The maximum absolute atomic E-state index is 4.36. The van der Waals surface area contributed by atoms with Crippen molar-refractivity contribution in [1.82, 2.24) is 25.1 Å². The third kappa shape index (κ3) is 2.11. The summed E-state index contributed by atoms with van der Waals surface area (Å²) in [6, 6.07) is 3.74. The van der Waals surface area contributed by atoms with E-state index in [-0.39, 0.29) is 0 Å². The summed E-state index contributed by atoms with van der Waals surface area (Å²) < 4.78 is 0.953. The van der Waals surface area contributed by atoms with E-state index in [1.807, 2.05) is 17.5 Å². The van der Waals surface area contributed by atoms with Crippen molar-refractivity contribution in [2.45, 2.75) is 0 Å². The summed E-state index contributed by atoms with van der Waals surface area (Å²) in [6.07, 6.45) is 1.71. The zero-order valence-electron chi connectivity index (χ0n) is 8.46. The van der Waals surface area contributed by atoms with Crippen molar-refractivity contribution < 1.29 is 0 Å². The van der Waals surface area contributed by atoms with E-state index in [0.717, 1.165) is 15.9 Å². The molecule has 0 amide bonds. The molecule has 0 spiro atoms. The van der Waals surface area contributed by atoms with Crippen molar-refractivity contribution in [3.63, 3.8) is 0 Å². The molecule has 0 bridgehead atoms. The summed E-state index contributed by atoms with van der Waals surface area (Å²) in [5.41, 5.74) is 3.27. The standard InChI is InChI=1S/C10H6BrN5S/c11-6-1-2-12-7(3-6)9-14-10(16-15-9)8-4-17-5-13-8/h1-5H,(H,14,15,16). The third-order valence-corrected chi connectivity index (χ3v) is 3.19.